The Morgan fingerprint density at radius 3 is 2.63 bits per heavy atom. The molecule has 3 nitrogen and oxygen atoms in total. The van der Waals surface area contributed by atoms with Crippen molar-refractivity contribution in [3.05, 3.63) is 57.6 Å². The van der Waals surface area contributed by atoms with Crippen molar-refractivity contribution < 1.29 is 0 Å². The Hall–Kier alpha value is -1.45. The number of benzene rings is 1. The van der Waals surface area contributed by atoms with Gasteiger partial charge in [-0.25, -0.2) is 9.97 Å². The zero-order valence-corrected chi connectivity index (χ0v) is 11.5. The van der Waals surface area contributed by atoms with Crippen LogP contribution in [-0.2, 0) is 25.8 Å². The van der Waals surface area contributed by atoms with Crippen LogP contribution >= 0.6 is 11.6 Å². The number of hydrogen-bond donors (Lipinski definition) is 1. The van der Waals surface area contributed by atoms with Gasteiger partial charge in [-0.15, -0.1) is 0 Å². The monoisotopic (exact) mass is 273 g/mol. The van der Waals surface area contributed by atoms with E-state index in [0.717, 1.165) is 35.8 Å². The highest BCUT2D eigenvalue weighted by molar-refractivity contribution is 6.30. The Bertz CT molecular complexity index is 593. The Balaban J connectivity index is 1.91. The molecule has 0 amide bonds. The normalized spacial score (nSPS) is 13.6. The average Bonchev–Trinajstić information content (AvgIpc) is 2.89. The lowest BCUT2D eigenvalue weighted by molar-refractivity contribution is 0.855. The molecule has 1 aliphatic carbocycles. The van der Waals surface area contributed by atoms with Crippen LogP contribution in [0.3, 0.4) is 0 Å². The van der Waals surface area contributed by atoms with E-state index in [4.69, 9.17) is 17.3 Å². The van der Waals surface area contributed by atoms with Gasteiger partial charge in [0.15, 0.2) is 0 Å². The van der Waals surface area contributed by atoms with Crippen molar-refractivity contribution in [3.63, 3.8) is 0 Å². The highest BCUT2D eigenvalue weighted by atomic mass is 35.5. The molecule has 2 N–H and O–H groups in total. The summed E-state index contributed by atoms with van der Waals surface area (Å²) < 4.78 is 0. The van der Waals surface area contributed by atoms with Crippen molar-refractivity contribution in [2.75, 3.05) is 0 Å². The minimum Gasteiger partial charge on any atom is -0.325 e. The van der Waals surface area contributed by atoms with Gasteiger partial charge in [0, 0.05) is 23.7 Å². The van der Waals surface area contributed by atoms with Crippen LogP contribution in [0.1, 0.15) is 34.8 Å². The van der Waals surface area contributed by atoms with Gasteiger partial charge in [0.2, 0.25) is 0 Å². The fourth-order valence-corrected chi connectivity index (χ4v) is 2.72. The molecule has 0 fully saturated rings. The molecular formula is C15H16ClN3. The molecule has 19 heavy (non-hydrogen) atoms. The van der Waals surface area contributed by atoms with Gasteiger partial charge < -0.3 is 5.73 Å². The standard InChI is InChI=1S/C15H16ClN3/c16-11-6-4-10(5-7-11)8-15-18-13-3-1-2-12(13)14(9-17)19-15/h4-7H,1-3,8-9,17H2. The van der Waals surface area contributed by atoms with Crippen LogP contribution in [0.2, 0.25) is 5.02 Å². The highest BCUT2D eigenvalue weighted by Gasteiger charge is 2.18. The quantitative estimate of drug-likeness (QED) is 0.935. The van der Waals surface area contributed by atoms with Gasteiger partial charge in [0.25, 0.3) is 0 Å². The van der Waals surface area contributed by atoms with Crippen LogP contribution < -0.4 is 5.73 Å². The number of aromatic nitrogens is 2. The number of nitrogens with zero attached hydrogens (tertiary/aromatic N) is 2. The second-order valence-electron chi connectivity index (χ2n) is 4.87. The maximum Gasteiger partial charge on any atom is 0.133 e. The molecule has 4 heteroatoms. The lowest BCUT2D eigenvalue weighted by Gasteiger charge is -2.08. The maximum atomic E-state index is 5.89. The highest BCUT2D eigenvalue weighted by Crippen LogP contribution is 2.23. The Morgan fingerprint density at radius 1 is 1.11 bits per heavy atom. The fourth-order valence-electron chi connectivity index (χ4n) is 2.60. The summed E-state index contributed by atoms with van der Waals surface area (Å²) in [6.45, 7) is 0.498. The summed E-state index contributed by atoms with van der Waals surface area (Å²) in [5.41, 5.74) is 10.5. The number of rotatable bonds is 3. The predicted octanol–water partition coefficient (Wildman–Crippen LogP) is 2.67. The molecular weight excluding hydrogens is 258 g/mol. The summed E-state index contributed by atoms with van der Waals surface area (Å²) >= 11 is 5.89. The van der Waals surface area contributed by atoms with Crippen LogP contribution in [0.15, 0.2) is 24.3 Å². The molecule has 0 atom stereocenters. The van der Waals surface area contributed by atoms with E-state index < -0.39 is 0 Å². The van der Waals surface area contributed by atoms with E-state index in [1.807, 2.05) is 24.3 Å². The summed E-state index contributed by atoms with van der Waals surface area (Å²) in [6, 6.07) is 7.82. The molecule has 0 aliphatic heterocycles. The molecule has 0 saturated carbocycles. The molecule has 2 aromatic rings. The summed E-state index contributed by atoms with van der Waals surface area (Å²) in [5, 5.41) is 0.751. The van der Waals surface area contributed by atoms with Gasteiger partial charge >= 0.3 is 0 Å². The van der Waals surface area contributed by atoms with Gasteiger partial charge in [-0.2, -0.15) is 0 Å². The van der Waals surface area contributed by atoms with Gasteiger partial charge in [-0.1, -0.05) is 23.7 Å². The first-order valence-corrected chi connectivity index (χ1v) is 6.96. The zero-order chi connectivity index (χ0) is 13.2. The van der Waals surface area contributed by atoms with E-state index in [-0.39, 0.29) is 0 Å². The lowest BCUT2D eigenvalue weighted by Crippen LogP contribution is -2.10. The topological polar surface area (TPSA) is 51.8 Å². The van der Waals surface area contributed by atoms with Gasteiger partial charge in [0.05, 0.1) is 5.69 Å². The molecule has 0 saturated heterocycles. The number of fused-ring (bicyclic) bond motifs is 1. The molecule has 0 spiro atoms. The molecule has 1 aromatic heterocycles. The van der Waals surface area contributed by atoms with Crippen LogP contribution in [0, 0.1) is 0 Å². The molecule has 1 heterocycles. The van der Waals surface area contributed by atoms with E-state index in [0.29, 0.717) is 6.54 Å². The largest absolute Gasteiger partial charge is 0.325 e. The van der Waals surface area contributed by atoms with Crippen LogP contribution in [-0.4, -0.2) is 9.97 Å². The number of halogens is 1. The van der Waals surface area contributed by atoms with Crippen molar-refractivity contribution in [2.24, 2.45) is 5.73 Å². The molecule has 0 unspecified atom stereocenters. The lowest BCUT2D eigenvalue weighted by atomic mass is 10.1. The van der Waals surface area contributed by atoms with Gasteiger partial charge in [0.1, 0.15) is 5.82 Å². The number of aryl methyl sites for hydroxylation is 1. The smallest absolute Gasteiger partial charge is 0.133 e. The Labute approximate surface area is 117 Å². The Morgan fingerprint density at radius 2 is 1.89 bits per heavy atom. The minimum atomic E-state index is 0.498. The average molecular weight is 274 g/mol. The molecule has 1 aliphatic rings. The van der Waals surface area contributed by atoms with E-state index in [1.54, 1.807) is 0 Å². The van der Waals surface area contributed by atoms with Crippen molar-refractivity contribution >= 4 is 11.6 Å². The second kappa shape index (κ2) is 5.27. The molecule has 0 radical (unpaired) electrons. The third kappa shape index (κ3) is 2.62. The van der Waals surface area contributed by atoms with Crippen LogP contribution in [0.5, 0.6) is 0 Å². The van der Waals surface area contributed by atoms with Crippen molar-refractivity contribution in [1.82, 2.24) is 9.97 Å². The van der Waals surface area contributed by atoms with E-state index in [9.17, 15) is 0 Å². The molecule has 1 aromatic carbocycles. The molecule has 98 valence electrons. The third-order valence-electron chi connectivity index (χ3n) is 3.53. The van der Waals surface area contributed by atoms with E-state index >= 15 is 0 Å². The van der Waals surface area contributed by atoms with E-state index in [2.05, 4.69) is 9.97 Å². The molecule has 3 rings (SSSR count). The summed E-state index contributed by atoms with van der Waals surface area (Å²) in [4.78, 5) is 9.29. The Kier molecular flexibility index (Phi) is 3.49. The SMILES string of the molecule is NCc1nc(Cc2ccc(Cl)cc2)nc2c1CCC2. The minimum absolute atomic E-state index is 0.498. The first-order valence-electron chi connectivity index (χ1n) is 6.58. The summed E-state index contributed by atoms with van der Waals surface area (Å²) in [5.74, 6) is 0.864. The summed E-state index contributed by atoms with van der Waals surface area (Å²) in [7, 11) is 0. The first-order chi connectivity index (χ1) is 9.26. The zero-order valence-electron chi connectivity index (χ0n) is 10.7. The summed E-state index contributed by atoms with van der Waals surface area (Å²) in [6.07, 6.45) is 4.03. The number of hydrogen-bond acceptors (Lipinski definition) is 3. The van der Waals surface area contributed by atoms with E-state index in [1.165, 1.54) is 23.2 Å². The fraction of sp³-hybridized carbons (Fsp3) is 0.333. The van der Waals surface area contributed by atoms with Gasteiger partial charge in [-0.05, 0) is 42.5 Å². The maximum absolute atomic E-state index is 5.89. The second-order valence-corrected chi connectivity index (χ2v) is 5.31. The van der Waals surface area contributed by atoms with Crippen LogP contribution in [0.25, 0.3) is 0 Å². The van der Waals surface area contributed by atoms with Crippen molar-refractivity contribution in [3.8, 4) is 0 Å². The number of nitrogens with two attached hydrogens (primary N) is 1. The predicted molar refractivity (Wildman–Crippen MR) is 76.2 cm³/mol. The van der Waals surface area contributed by atoms with Crippen molar-refractivity contribution in [1.29, 1.82) is 0 Å². The van der Waals surface area contributed by atoms with Crippen molar-refractivity contribution in [2.45, 2.75) is 32.2 Å². The van der Waals surface area contributed by atoms with Crippen LogP contribution in [0.4, 0.5) is 0 Å². The first kappa shape index (κ1) is 12.6. The molecule has 0 bridgehead atoms. The third-order valence-corrected chi connectivity index (χ3v) is 3.79. The van der Waals surface area contributed by atoms with Gasteiger partial charge in [-0.3, -0.25) is 0 Å².